The third-order valence-corrected chi connectivity index (χ3v) is 3.30. The van der Waals surface area contributed by atoms with Crippen LogP contribution in [0, 0.1) is 10.1 Å². The number of hydrogen-bond donors (Lipinski definition) is 1. The molecule has 0 radical (unpaired) electrons. The zero-order chi connectivity index (χ0) is 14.5. The molecule has 0 fully saturated rings. The van der Waals surface area contributed by atoms with Crippen LogP contribution in [0.15, 0.2) is 41.4 Å². The van der Waals surface area contributed by atoms with Gasteiger partial charge in [0.15, 0.2) is 0 Å². The summed E-state index contributed by atoms with van der Waals surface area (Å²) in [5.74, 6) is -0.563. The van der Waals surface area contributed by atoms with Crippen molar-refractivity contribution in [2.24, 2.45) is 0 Å². The van der Waals surface area contributed by atoms with E-state index in [4.69, 9.17) is 0 Å². The molecule has 1 aromatic heterocycles. The van der Waals surface area contributed by atoms with Crippen LogP contribution in [0.1, 0.15) is 0 Å². The van der Waals surface area contributed by atoms with Crippen molar-refractivity contribution in [3.63, 3.8) is 0 Å². The first kappa shape index (κ1) is 14.1. The molecule has 0 unspecified atom stereocenters. The molecule has 0 aliphatic carbocycles. The van der Waals surface area contributed by atoms with Crippen molar-refractivity contribution in [2.45, 2.75) is 11.4 Å². The fraction of sp³-hybridized carbons (Fsp3) is 0.167. The van der Waals surface area contributed by atoms with Crippen molar-refractivity contribution in [1.29, 1.82) is 0 Å². The summed E-state index contributed by atoms with van der Waals surface area (Å²) in [6.07, 6.45) is 3.32. The predicted octanol–water partition coefficient (Wildman–Crippen LogP) is 2.15. The summed E-state index contributed by atoms with van der Waals surface area (Å²) in [5.41, 5.74) is 0.714. The molecule has 2 rings (SSSR count). The quantitative estimate of drug-likeness (QED) is 0.518. The molecule has 7 nitrogen and oxygen atoms in total. The number of carbonyl (C=O) groups is 1. The van der Waals surface area contributed by atoms with Crippen LogP contribution in [0.4, 0.5) is 11.5 Å². The van der Waals surface area contributed by atoms with E-state index in [2.05, 4.69) is 10.4 Å². The molecule has 20 heavy (non-hydrogen) atoms. The minimum atomic E-state index is -0.600. The van der Waals surface area contributed by atoms with Gasteiger partial charge < -0.3 is 15.4 Å². The van der Waals surface area contributed by atoms with Crippen molar-refractivity contribution in [3.05, 3.63) is 46.6 Å². The number of nitrogens with one attached hydrogen (secondary N) is 1. The van der Waals surface area contributed by atoms with Crippen LogP contribution in [0.2, 0.25) is 0 Å². The SMILES string of the molecule is CSc1ccccc1NC(=O)Cn1ccc([N+](=O)[O-])n1. The second-order valence-electron chi connectivity index (χ2n) is 3.88. The van der Waals surface area contributed by atoms with E-state index in [1.54, 1.807) is 6.07 Å². The predicted molar refractivity (Wildman–Crippen MR) is 75.7 cm³/mol. The second kappa shape index (κ2) is 6.20. The van der Waals surface area contributed by atoms with Gasteiger partial charge in [0.25, 0.3) is 0 Å². The van der Waals surface area contributed by atoms with E-state index in [0.29, 0.717) is 5.69 Å². The van der Waals surface area contributed by atoms with Crippen molar-refractivity contribution in [2.75, 3.05) is 11.6 Å². The minimum absolute atomic E-state index is 0.0729. The highest BCUT2D eigenvalue weighted by Crippen LogP contribution is 2.24. The largest absolute Gasteiger partial charge is 0.389 e. The second-order valence-corrected chi connectivity index (χ2v) is 4.73. The fourth-order valence-electron chi connectivity index (χ4n) is 1.62. The van der Waals surface area contributed by atoms with Crippen LogP contribution in [0.25, 0.3) is 0 Å². The number of thioether (sulfide) groups is 1. The van der Waals surface area contributed by atoms with Crippen LogP contribution in [0.5, 0.6) is 0 Å². The number of amides is 1. The van der Waals surface area contributed by atoms with Gasteiger partial charge in [-0.25, -0.2) is 0 Å². The smallest absolute Gasteiger partial charge is 0.358 e. The molecule has 2 aromatic rings. The van der Waals surface area contributed by atoms with Crippen LogP contribution in [-0.2, 0) is 11.3 Å². The molecule has 104 valence electrons. The third-order valence-electron chi connectivity index (χ3n) is 2.50. The van der Waals surface area contributed by atoms with Gasteiger partial charge in [-0.3, -0.25) is 4.79 Å². The molecule has 0 spiro atoms. The molecule has 0 saturated carbocycles. The average molecular weight is 292 g/mol. The van der Waals surface area contributed by atoms with Crippen molar-refractivity contribution in [3.8, 4) is 0 Å². The Kier molecular flexibility index (Phi) is 4.36. The lowest BCUT2D eigenvalue weighted by atomic mass is 10.3. The van der Waals surface area contributed by atoms with E-state index in [9.17, 15) is 14.9 Å². The zero-order valence-corrected chi connectivity index (χ0v) is 11.5. The number of carbonyl (C=O) groups excluding carboxylic acids is 1. The van der Waals surface area contributed by atoms with Crippen molar-refractivity contribution in [1.82, 2.24) is 9.78 Å². The summed E-state index contributed by atoms with van der Waals surface area (Å²) in [4.78, 5) is 22.7. The number of benzene rings is 1. The van der Waals surface area contributed by atoms with Crippen LogP contribution in [-0.4, -0.2) is 26.9 Å². The zero-order valence-electron chi connectivity index (χ0n) is 10.6. The molecule has 0 bridgehead atoms. The van der Waals surface area contributed by atoms with E-state index in [1.807, 2.05) is 24.5 Å². The molecule has 1 amide bonds. The maximum absolute atomic E-state index is 11.9. The normalized spacial score (nSPS) is 10.2. The van der Waals surface area contributed by atoms with Gasteiger partial charge in [0.1, 0.15) is 6.54 Å². The Morgan fingerprint density at radius 1 is 1.45 bits per heavy atom. The van der Waals surface area contributed by atoms with Gasteiger partial charge in [-0.1, -0.05) is 12.1 Å². The van der Waals surface area contributed by atoms with Gasteiger partial charge in [-0.15, -0.1) is 11.8 Å². The Hall–Kier alpha value is -2.35. The molecule has 0 atom stereocenters. The highest BCUT2D eigenvalue weighted by Gasteiger charge is 2.14. The molecule has 0 aliphatic rings. The molecular weight excluding hydrogens is 280 g/mol. The van der Waals surface area contributed by atoms with Crippen LogP contribution in [0.3, 0.4) is 0 Å². The van der Waals surface area contributed by atoms with E-state index in [-0.39, 0.29) is 18.3 Å². The number of hydrogen-bond acceptors (Lipinski definition) is 5. The number of para-hydroxylation sites is 1. The van der Waals surface area contributed by atoms with Gasteiger partial charge in [-0.05, 0) is 23.3 Å². The van der Waals surface area contributed by atoms with E-state index >= 15 is 0 Å². The summed E-state index contributed by atoms with van der Waals surface area (Å²) in [6, 6.07) is 8.67. The molecule has 0 saturated heterocycles. The average Bonchev–Trinajstić information content (AvgIpc) is 2.88. The van der Waals surface area contributed by atoms with Gasteiger partial charge in [0.2, 0.25) is 5.91 Å². The standard InChI is InChI=1S/C12H12N4O3S/c1-20-10-5-3-2-4-9(10)13-12(17)8-15-7-6-11(14-15)16(18)19/h2-7H,8H2,1H3,(H,13,17). The number of anilines is 1. The van der Waals surface area contributed by atoms with Gasteiger partial charge in [0.05, 0.1) is 23.0 Å². The Morgan fingerprint density at radius 2 is 2.20 bits per heavy atom. The molecular formula is C12H12N4O3S. The summed E-state index contributed by atoms with van der Waals surface area (Å²) >= 11 is 1.53. The first-order valence-corrected chi connectivity index (χ1v) is 6.93. The number of nitro groups is 1. The summed E-state index contributed by atoms with van der Waals surface area (Å²) in [7, 11) is 0. The van der Waals surface area contributed by atoms with Crippen LogP contribution >= 0.6 is 11.8 Å². The van der Waals surface area contributed by atoms with E-state index in [1.165, 1.54) is 28.7 Å². The molecule has 1 aromatic carbocycles. The van der Waals surface area contributed by atoms with Crippen LogP contribution < -0.4 is 5.32 Å². The summed E-state index contributed by atoms with van der Waals surface area (Å²) < 4.78 is 1.23. The lowest BCUT2D eigenvalue weighted by Gasteiger charge is -2.08. The highest BCUT2D eigenvalue weighted by molar-refractivity contribution is 7.98. The minimum Gasteiger partial charge on any atom is -0.358 e. The van der Waals surface area contributed by atoms with Gasteiger partial charge in [-0.2, -0.15) is 4.68 Å². The van der Waals surface area contributed by atoms with Crippen molar-refractivity contribution < 1.29 is 9.72 Å². The monoisotopic (exact) mass is 292 g/mol. The Morgan fingerprint density at radius 3 is 2.85 bits per heavy atom. The van der Waals surface area contributed by atoms with E-state index < -0.39 is 4.92 Å². The topological polar surface area (TPSA) is 90.1 Å². The maximum Gasteiger partial charge on any atom is 0.389 e. The lowest BCUT2D eigenvalue weighted by Crippen LogP contribution is -2.19. The lowest BCUT2D eigenvalue weighted by molar-refractivity contribution is -0.389. The Bertz CT molecular complexity index is 641. The first-order valence-electron chi connectivity index (χ1n) is 5.71. The number of nitrogens with zero attached hydrogens (tertiary/aromatic N) is 3. The highest BCUT2D eigenvalue weighted by atomic mass is 32.2. The Balaban J connectivity index is 2.03. The van der Waals surface area contributed by atoms with Gasteiger partial charge in [0, 0.05) is 4.90 Å². The Labute approximate surface area is 119 Å². The summed E-state index contributed by atoms with van der Waals surface area (Å²) in [5, 5.41) is 16.9. The van der Waals surface area contributed by atoms with E-state index in [0.717, 1.165) is 4.90 Å². The molecule has 0 aliphatic heterocycles. The first-order chi connectivity index (χ1) is 9.60. The molecule has 8 heteroatoms. The van der Waals surface area contributed by atoms with Crippen molar-refractivity contribution >= 4 is 29.2 Å². The van der Waals surface area contributed by atoms with Gasteiger partial charge >= 0.3 is 5.82 Å². The number of aromatic nitrogens is 2. The fourth-order valence-corrected chi connectivity index (χ4v) is 2.17. The molecule has 1 N–H and O–H groups in total. The number of rotatable bonds is 5. The third kappa shape index (κ3) is 3.35. The maximum atomic E-state index is 11.9. The molecule has 1 heterocycles. The summed E-state index contributed by atoms with van der Waals surface area (Å²) in [6.45, 7) is -0.0729.